The van der Waals surface area contributed by atoms with E-state index in [2.05, 4.69) is 31.4 Å². The van der Waals surface area contributed by atoms with E-state index in [0.717, 1.165) is 16.7 Å². The standard InChI is InChI=1S/C31H33N3O3/c1-20-10-16-24(18-21(20)2)32-28(35)19-27-30(37)33-25-8-6-7-9-26(25)34(27)29(36)17-13-22-11-14-23(15-12-22)31(3,4)5/h6-18,27H,19H2,1-5H3,(H,32,35)(H,33,37)/b17-13+/t27-/m0/s1. The van der Waals surface area contributed by atoms with E-state index in [4.69, 9.17) is 0 Å². The van der Waals surface area contributed by atoms with Crippen LogP contribution in [0.25, 0.3) is 6.08 Å². The molecule has 3 aromatic rings. The summed E-state index contributed by atoms with van der Waals surface area (Å²) >= 11 is 0. The van der Waals surface area contributed by atoms with Crippen molar-refractivity contribution >= 4 is 40.9 Å². The Morgan fingerprint density at radius 2 is 1.68 bits per heavy atom. The van der Waals surface area contributed by atoms with E-state index in [1.54, 1.807) is 30.3 Å². The van der Waals surface area contributed by atoms with E-state index in [-0.39, 0.29) is 23.7 Å². The van der Waals surface area contributed by atoms with Crippen molar-refractivity contribution in [2.75, 3.05) is 15.5 Å². The molecule has 6 heteroatoms. The van der Waals surface area contributed by atoms with Crippen LogP contribution in [0.3, 0.4) is 0 Å². The summed E-state index contributed by atoms with van der Waals surface area (Å²) in [4.78, 5) is 40.9. The summed E-state index contributed by atoms with van der Waals surface area (Å²) in [5, 5.41) is 5.70. The van der Waals surface area contributed by atoms with Crippen molar-refractivity contribution in [3.05, 3.63) is 95.1 Å². The number of carbonyl (C=O) groups is 3. The van der Waals surface area contributed by atoms with Crippen LogP contribution in [0.5, 0.6) is 0 Å². The lowest BCUT2D eigenvalue weighted by Gasteiger charge is -2.35. The summed E-state index contributed by atoms with van der Waals surface area (Å²) in [6.07, 6.45) is 3.01. The van der Waals surface area contributed by atoms with Gasteiger partial charge in [-0.15, -0.1) is 0 Å². The van der Waals surface area contributed by atoms with E-state index in [1.165, 1.54) is 16.5 Å². The maximum atomic E-state index is 13.5. The van der Waals surface area contributed by atoms with Gasteiger partial charge in [0.2, 0.25) is 11.8 Å². The summed E-state index contributed by atoms with van der Waals surface area (Å²) in [7, 11) is 0. The second-order valence-corrected chi connectivity index (χ2v) is 10.5. The Morgan fingerprint density at radius 1 is 0.973 bits per heavy atom. The highest BCUT2D eigenvalue weighted by Crippen LogP contribution is 2.33. The second kappa shape index (κ2) is 10.4. The van der Waals surface area contributed by atoms with Crippen molar-refractivity contribution in [3.63, 3.8) is 0 Å². The molecule has 4 rings (SSSR count). The van der Waals surface area contributed by atoms with Crippen LogP contribution >= 0.6 is 0 Å². The summed E-state index contributed by atoms with van der Waals surface area (Å²) < 4.78 is 0. The molecule has 1 aliphatic heterocycles. The molecular weight excluding hydrogens is 462 g/mol. The molecule has 0 aromatic heterocycles. The number of anilines is 3. The van der Waals surface area contributed by atoms with Gasteiger partial charge in [-0.25, -0.2) is 0 Å². The fourth-order valence-corrected chi connectivity index (χ4v) is 4.30. The van der Waals surface area contributed by atoms with Gasteiger partial charge in [0.25, 0.3) is 5.91 Å². The number of aryl methyl sites for hydroxylation is 2. The second-order valence-electron chi connectivity index (χ2n) is 10.5. The maximum absolute atomic E-state index is 13.5. The Morgan fingerprint density at radius 3 is 2.35 bits per heavy atom. The molecule has 0 saturated carbocycles. The number of amides is 3. The Bertz CT molecular complexity index is 1370. The predicted molar refractivity (Wildman–Crippen MR) is 150 cm³/mol. The van der Waals surface area contributed by atoms with Gasteiger partial charge >= 0.3 is 0 Å². The molecule has 3 aromatic carbocycles. The van der Waals surface area contributed by atoms with Gasteiger partial charge in [-0.3, -0.25) is 19.3 Å². The Hall–Kier alpha value is -4.19. The molecule has 0 unspecified atom stereocenters. The van der Waals surface area contributed by atoms with E-state index in [0.29, 0.717) is 17.1 Å². The van der Waals surface area contributed by atoms with Gasteiger partial charge < -0.3 is 10.6 Å². The highest BCUT2D eigenvalue weighted by Gasteiger charge is 2.37. The summed E-state index contributed by atoms with van der Waals surface area (Å²) in [5.74, 6) is -1.11. The first-order chi connectivity index (χ1) is 17.5. The highest BCUT2D eigenvalue weighted by molar-refractivity contribution is 6.16. The molecule has 0 aliphatic carbocycles. The van der Waals surface area contributed by atoms with Crippen molar-refractivity contribution in [1.82, 2.24) is 0 Å². The SMILES string of the molecule is Cc1ccc(NC(=O)C[C@H]2C(=O)Nc3ccccc3N2C(=O)/C=C/c2ccc(C(C)(C)C)cc2)cc1C. The van der Waals surface area contributed by atoms with Crippen molar-refractivity contribution in [1.29, 1.82) is 0 Å². The Labute approximate surface area is 218 Å². The van der Waals surface area contributed by atoms with E-state index in [9.17, 15) is 14.4 Å². The molecule has 6 nitrogen and oxygen atoms in total. The van der Waals surface area contributed by atoms with E-state index >= 15 is 0 Å². The topological polar surface area (TPSA) is 78.5 Å². The van der Waals surface area contributed by atoms with Crippen molar-refractivity contribution < 1.29 is 14.4 Å². The van der Waals surface area contributed by atoms with Gasteiger partial charge in [0.1, 0.15) is 6.04 Å². The maximum Gasteiger partial charge on any atom is 0.251 e. The van der Waals surface area contributed by atoms with E-state index in [1.807, 2.05) is 56.3 Å². The zero-order valence-electron chi connectivity index (χ0n) is 22.0. The van der Waals surface area contributed by atoms with Gasteiger partial charge in [-0.2, -0.15) is 0 Å². The lowest BCUT2D eigenvalue weighted by Crippen LogP contribution is -2.52. The molecule has 0 spiro atoms. The fourth-order valence-electron chi connectivity index (χ4n) is 4.30. The minimum Gasteiger partial charge on any atom is -0.326 e. The highest BCUT2D eigenvalue weighted by atomic mass is 16.2. The molecular formula is C31H33N3O3. The third kappa shape index (κ3) is 5.97. The number of rotatable bonds is 5. The number of hydrogen-bond donors (Lipinski definition) is 2. The normalized spacial score (nSPS) is 15.3. The zero-order chi connectivity index (χ0) is 26.7. The van der Waals surface area contributed by atoms with Gasteiger partial charge in [0, 0.05) is 11.8 Å². The van der Waals surface area contributed by atoms with Crippen molar-refractivity contribution in [2.45, 2.75) is 52.5 Å². The molecule has 1 heterocycles. The van der Waals surface area contributed by atoms with Crippen LogP contribution in [0.15, 0.2) is 72.8 Å². The van der Waals surface area contributed by atoms with Crippen LogP contribution in [-0.4, -0.2) is 23.8 Å². The Balaban J connectivity index is 1.57. The van der Waals surface area contributed by atoms with E-state index < -0.39 is 11.9 Å². The first kappa shape index (κ1) is 25.9. The number of fused-ring (bicyclic) bond motifs is 1. The first-order valence-corrected chi connectivity index (χ1v) is 12.4. The van der Waals surface area contributed by atoms with Crippen molar-refractivity contribution in [3.8, 4) is 0 Å². The lowest BCUT2D eigenvalue weighted by molar-refractivity contribution is -0.124. The Kier molecular flexibility index (Phi) is 7.30. The molecule has 1 aliphatic rings. The number of nitrogens with one attached hydrogen (secondary N) is 2. The number of hydrogen-bond acceptors (Lipinski definition) is 3. The molecule has 0 radical (unpaired) electrons. The smallest absolute Gasteiger partial charge is 0.251 e. The number of para-hydroxylation sites is 2. The molecule has 1 atom stereocenters. The summed E-state index contributed by atoms with van der Waals surface area (Å²) in [5.41, 5.74) is 6.04. The number of benzene rings is 3. The average molecular weight is 496 g/mol. The number of carbonyl (C=O) groups excluding carboxylic acids is 3. The molecule has 0 saturated heterocycles. The van der Waals surface area contributed by atoms with Gasteiger partial charge in [0.15, 0.2) is 0 Å². The lowest BCUT2D eigenvalue weighted by atomic mass is 9.87. The van der Waals surface area contributed by atoms with Gasteiger partial charge in [0.05, 0.1) is 17.8 Å². The average Bonchev–Trinajstić information content (AvgIpc) is 2.85. The van der Waals surface area contributed by atoms with Crippen LogP contribution < -0.4 is 15.5 Å². The predicted octanol–water partition coefficient (Wildman–Crippen LogP) is 6.00. The largest absolute Gasteiger partial charge is 0.326 e. The molecule has 0 fully saturated rings. The molecule has 190 valence electrons. The molecule has 3 amide bonds. The van der Waals surface area contributed by atoms with Crippen LogP contribution in [0.4, 0.5) is 17.1 Å². The molecule has 2 N–H and O–H groups in total. The summed E-state index contributed by atoms with van der Waals surface area (Å²) in [6.45, 7) is 10.4. The van der Waals surface area contributed by atoms with Crippen LogP contribution in [0.1, 0.15) is 49.4 Å². The summed E-state index contributed by atoms with van der Waals surface area (Å²) in [6, 6.07) is 19.8. The quantitative estimate of drug-likeness (QED) is 0.426. The van der Waals surface area contributed by atoms with Crippen molar-refractivity contribution in [2.24, 2.45) is 0 Å². The van der Waals surface area contributed by atoms with Crippen LogP contribution in [-0.2, 0) is 19.8 Å². The van der Waals surface area contributed by atoms with Gasteiger partial charge in [-0.05, 0) is 71.9 Å². The molecule has 0 bridgehead atoms. The third-order valence-electron chi connectivity index (χ3n) is 6.64. The van der Waals surface area contributed by atoms with Gasteiger partial charge in [-0.1, -0.05) is 63.2 Å². The third-order valence-corrected chi connectivity index (χ3v) is 6.64. The van der Waals surface area contributed by atoms with Crippen LogP contribution in [0, 0.1) is 13.8 Å². The zero-order valence-corrected chi connectivity index (χ0v) is 22.0. The minimum absolute atomic E-state index is 0.0357. The fraction of sp³-hybridized carbons (Fsp3) is 0.258. The molecule has 37 heavy (non-hydrogen) atoms. The first-order valence-electron chi connectivity index (χ1n) is 12.4. The number of nitrogens with zero attached hydrogens (tertiary/aromatic N) is 1. The monoisotopic (exact) mass is 495 g/mol. The van der Waals surface area contributed by atoms with Crippen LogP contribution in [0.2, 0.25) is 0 Å². The minimum atomic E-state index is -0.984.